The third-order valence-corrected chi connectivity index (χ3v) is 6.17. The zero-order valence-electron chi connectivity index (χ0n) is 17.3. The lowest BCUT2D eigenvalue weighted by Crippen LogP contribution is -2.22. The molecule has 9 nitrogen and oxygen atoms in total. The predicted octanol–water partition coefficient (Wildman–Crippen LogP) is 2.84. The fourth-order valence-electron chi connectivity index (χ4n) is 3.49. The number of hydrogen-bond donors (Lipinski definition) is 0. The van der Waals surface area contributed by atoms with Gasteiger partial charge in [-0.2, -0.15) is 10.1 Å². The molecule has 0 saturated heterocycles. The summed E-state index contributed by atoms with van der Waals surface area (Å²) in [5, 5.41) is 4.34. The van der Waals surface area contributed by atoms with Crippen molar-refractivity contribution in [3.05, 3.63) is 64.7 Å². The van der Waals surface area contributed by atoms with Gasteiger partial charge in [0.15, 0.2) is 16.3 Å². The van der Waals surface area contributed by atoms with Crippen LogP contribution >= 0.6 is 11.3 Å². The number of nitrogens with zero attached hydrogens (tertiary/aromatic N) is 4. The molecule has 10 heteroatoms. The highest BCUT2D eigenvalue weighted by molar-refractivity contribution is 7.16. The molecule has 2 aromatic heterocycles. The third kappa shape index (κ3) is 3.44. The molecule has 0 spiro atoms. The van der Waals surface area contributed by atoms with Crippen LogP contribution in [0.25, 0.3) is 15.9 Å². The Balaban J connectivity index is 1.60. The standard InChI is InChI=1S/C22H18N4O5S/c1-13-15(10-23-26(13)14-6-4-3-5-7-14)21(28)24-22-25(11-20(27)29-2)16-8-17-18(31-12-30-17)9-19(16)32-22/h3-10H,11-12H2,1-2H3. The number of aromatic nitrogens is 3. The lowest BCUT2D eigenvalue weighted by atomic mass is 10.2. The number of carbonyl (C=O) groups excluding carboxylic acids is 2. The second-order valence-corrected chi connectivity index (χ2v) is 8.04. The third-order valence-electron chi connectivity index (χ3n) is 5.13. The number of thiazole rings is 1. The first kappa shape index (κ1) is 20.0. The van der Waals surface area contributed by atoms with E-state index in [-0.39, 0.29) is 13.3 Å². The first-order valence-electron chi connectivity index (χ1n) is 9.74. The maximum Gasteiger partial charge on any atom is 0.325 e. The fourth-order valence-corrected chi connectivity index (χ4v) is 4.53. The number of methoxy groups -OCH3 is 1. The van der Waals surface area contributed by atoms with Gasteiger partial charge in [-0.3, -0.25) is 9.59 Å². The van der Waals surface area contributed by atoms with Crippen LogP contribution in [-0.2, 0) is 16.1 Å². The molecule has 2 aromatic carbocycles. The second kappa shape index (κ2) is 7.97. The Morgan fingerprint density at radius 3 is 2.69 bits per heavy atom. The molecule has 0 saturated carbocycles. The van der Waals surface area contributed by atoms with Gasteiger partial charge in [-0.15, -0.1) is 0 Å². The Morgan fingerprint density at radius 1 is 1.19 bits per heavy atom. The van der Waals surface area contributed by atoms with E-state index in [0.29, 0.717) is 33.1 Å². The Bertz CT molecular complexity index is 1420. The quantitative estimate of drug-likeness (QED) is 0.444. The van der Waals surface area contributed by atoms with Crippen LogP contribution in [0.15, 0.2) is 53.7 Å². The first-order chi connectivity index (χ1) is 15.5. The summed E-state index contributed by atoms with van der Waals surface area (Å²) >= 11 is 1.28. The van der Waals surface area contributed by atoms with E-state index in [9.17, 15) is 9.59 Å². The monoisotopic (exact) mass is 450 g/mol. The summed E-state index contributed by atoms with van der Waals surface area (Å²) in [4.78, 5) is 29.8. The molecule has 1 aliphatic heterocycles. The van der Waals surface area contributed by atoms with E-state index in [2.05, 4.69) is 10.1 Å². The Labute approximate surface area is 186 Å². The molecule has 4 aromatic rings. The van der Waals surface area contributed by atoms with Crippen molar-refractivity contribution in [3.63, 3.8) is 0 Å². The molecule has 3 heterocycles. The largest absolute Gasteiger partial charge is 0.468 e. The topological polar surface area (TPSA) is 96.9 Å². The van der Waals surface area contributed by atoms with Gasteiger partial charge >= 0.3 is 5.97 Å². The van der Waals surface area contributed by atoms with Crippen LogP contribution < -0.4 is 14.3 Å². The van der Waals surface area contributed by atoms with Crippen molar-refractivity contribution in [2.45, 2.75) is 13.5 Å². The van der Waals surface area contributed by atoms with Gasteiger partial charge in [-0.25, -0.2) is 4.68 Å². The van der Waals surface area contributed by atoms with Crippen LogP contribution in [0.3, 0.4) is 0 Å². The van der Waals surface area contributed by atoms with Crippen molar-refractivity contribution in [2.24, 2.45) is 4.99 Å². The molecule has 0 aliphatic carbocycles. The van der Waals surface area contributed by atoms with Crippen LogP contribution in [-0.4, -0.2) is 40.1 Å². The Hall–Kier alpha value is -3.92. The second-order valence-electron chi connectivity index (χ2n) is 7.03. The van der Waals surface area contributed by atoms with E-state index in [0.717, 1.165) is 10.4 Å². The van der Waals surface area contributed by atoms with Gasteiger partial charge in [0.25, 0.3) is 5.91 Å². The summed E-state index contributed by atoms with van der Waals surface area (Å²) in [5.41, 5.74) is 2.60. The van der Waals surface area contributed by atoms with Crippen LogP contribution in [0.2, 0.25) is 0 Å². The molecule has 1 amide bonds. The number of amides is 1. The lowest BCUT2D eigenvalue weighted by Gasteiger charge is -2.05. The molecule has 0 bridgehead atoms. The molecule has 0 atom stereocenters. The highest BCUT2D eigenvalue weighted by atomic mass is 32.1. The van der Waals surface area contributed by atoms with Gasteiger partial charge in [0.05, 0.1) is 40.5 Å². The first-order valence-corrected chi connectivity index (χ1v) is 10.6. The van der Waals surface area contributed by atoms with Crippen molar-refractivity contribution in [1.82, 2.24) is 14.3 Å². The summed E-state index contributed by atoms with van der Waals surface area (Å²) in [6, 6.07) is 13.1. The molecule has 0 unspecified atom stereocenters. The molecule has 0 radical (unpaired) electrons. The Kier molecular flexibility index (Phi) is 4.98. The zero-order valence-corrected chi connectivity index (χ0v) is 18.1. The molecule has 162 valence electrons. The summed E-state index contributed by atoms with van der Waals surface area (Å²) in [7, 11) is 1.31. The lowest BCUT2D eigenvalue weighted by molar-refractivity contribution is -0.141. The molecule has 32 heavy (non-hydrogen) atoms. The van der Waals surface area contributed by atoms with E-state index < -0.39 is 11.9 Å². The van der Waals surface area contributed by atoms with E-state index >= 15 is 0 Å². The average molecular weight is 450 g/mol. The molecule has 0 fully saturated rings. The Morgan fingerprint density at radius 2 is 1.94 bits per heavy atom. The highest BCUT2D eigenvalue weighted by Gasteiger charge is 2.20. The van der Waals surface area contributed by atoms with Crippen molar-refractivity contribution >= 4 is 33.4 Å². The minimum absolute atomic E-state index is 0.0927. The van der Waals surface area contributed by atoms with Gasteiger partial charge in [-0.1, -0.05) is 29.5 Å². The molecule has 1 aliphatic rings. The minimum Gasteiger partial charge on any atom is -0.468 e. The molecular weight excluding hydrogens is 432 g/mol. The highest BCUT2D eigenvalue weighted by Crippen LogP contribution is 2.37. The molecule has 5 rings (SSSR count). The maximum atomic E-state index is 13.1. The molecular formula is C22H18N4O5S. The summed E-state index contributed by atoms with van der Waals surface area (Å²) < 4.78 is 19.9. The number of fused-ring (bicyclic) bond motifs is 2. The number of esters is 1. The van der Waals surface area contributed by atoms with Crippen molar-refractivity contribution in [1.29, 1.82) is 0 Å². The smallest absolute Gasteiger partial charge is 0.325 e. The van der Waals surface area contributed by atoms with Crippen molar-refractivity contribution < 1.29 is 23.8 Å². The normalized spacial score (nSPS) is 13.0. The maximum absolute atomic E-state index is 13.1. The number of ether oxygens (including phenoxy) is 3. The zero-order chi connectivity index (χ0) is 22.2. The fraction of sp³-hybridized carbons (Fsp3) is 0.182. The summed E-state index contributed by atoms with van der Waals surface area (Å²) in [6.07, 6.45) is 1.50. The van der Waals surface area contributed by atoms with Crippen LogP contribution in [0.4, 0.5) is 0 Å². The van der Waals surface area contributed by atoms with Gasteiger partial charge in [0, 0.05) is 12.1 Å². The summed E-state index contributed by atoms with van der Waals surface area (Å²) in [5.74, 6) is 0.285. The van der Waals surface area contributed by atoms with Crippen molar-refractivity contribution in [3.8, 4) is 17.2 Å². The van der Waals surface area contributed by atoms with Gasteiger partial charge in [0.2, 0.25) is 6.79 Å². The van der Waals surface area contributed by atoms with E-state index in [4.69, 9.17) is 14.2 Å². The number of carbonyl (C=O) groups is 2. The number of hydrogen-bond acceptors (Lipinski definition) is 7. The molecule has 0 N–H and O–H groups in total. The van der Waals surface area contributed by atoms with Crippen molar-refractivity contribution in [2.75, 3.05) is 13.9 Å². The summed E-state index contributed by atoms with van der Waals surface area (Å²) in [6.45, 7) is 1.87. The van der Waals surface area contributed by atoms with Crippen LogP contribution in [0.5, 0.6) is 11.5 Å². The van der Waals surface area contributed by atoms with E-state index in [1.807, 2.05) is 43.3 Å². The number of rotatable bonds is 4. The average Bonchev–Trinajstić information content (AvgIpc) is 3.50. The number of para-hydroxylation sites is 1. The van der Waals surface area contributed by atoms with Crippen LogP contribution in [0, 0.1) is 6.92 Å². The van der Waals surface area contributed by atoms with Gasteiger partial charge in [0.1, 0.15) is 6.54 Å². The SMILES string of the molecule is COC(=O)Cn1c(=NC(=O)c2cnn(-c3ccccc3)c2C)sc2cc3c(cc21)OCO3. The minimum atomic E-state index is -0.454. The van der Waals surface area contributed by atoms with E-state index in [1.165, 1.54) is 24.6 Å². The number of benzene rings is 2. The predicted molar refractivity (Wildman–Crippen MR) is 116 cm³/mol. The van der Waals surface area contributed by atoms with Gasteiger partial charge in [-0.05, 0) is 19.1 Å². The van der Waals surface area contributed by atoms with Gasteiger partial charge < -0.3 is 18.8 Å². The van der Waals surface area contributed by atoms with Crippen LogP contribution in [0.1, 0.15) is 16.1 Å². The van der Waals surface area contributed by atoms with E-state index in [1.54, 1.807) is 15.3 Å².